The predicted octanol–water partition coefficient (Wildman–Crippen LogP) is 4.22. The van der Waals surface area contributed by atoms with Crippen molar-refractivity contribution in [1.82, 2.24) is 5.32 Å². The van der Waals surface area contributed by atoms with Gasteiger partial charge < -0.3 is 15.0 Å². The third-order valence-corrected chi connectivity index (χ3v) is 8.23. The molecule has 1 unspecified atom stereocenters. The standard InChI is InChI=1S/C25H34N2O3/c1-16-3-4-22-21(9-16)27(7-8-30-22)24(29)6-5-23(28)26-17(2)25-13-18-10-19(14-25)12-20(11-18)15-25/h3-4,9,17-20H,5-8,10-15H2,1-2H3,(H,26,28). The third kappa shape index (κ3) is 3.61. The molecular formula is C25H34N2O3. The maximum Gasteiger partial charge on any atom is 0.227 e. The molecule has 1 aromatic rings. The Morgan fingerprint density at radius 1 is 1.13 bits per heavy atom. The summed E-state index contributed by atoms with van der Waals surface area (Å²) in [5.41, 5.74) is 2.22. The summed E-state index contributed by atoms with van der Waals surface area (Å²) in [7, 11) is 0. The SMILES string of the molecule is Cc1ccc2c(c1)N(C(=O)CCC(=O)NC(C)C13CC4CC(CC(C4)C1)C3)CCO2. The summed E-state index contributed by atoms with van der Waals surface area (Å²) in [6.07, 6.45) is 8.58. The third-order valence-electron chi connectivity index (χ3n) is 8.23. The number of rotatable bonds is 5. The van der Waals surface area contributed by atoms with Gasteiger partial charge in [0.1, 0.15) is 12.4 Å². The van der Waals surface area contributed by atoms with E-state index < -0.39 is 0 Å². The Bertz CT molecular complexity index is 814. The second-order valence-corrected chi connectivity index (χ2v) is 10.4. The van der Waals surface area contributed by atoms with Crippen LogP contribution in [-0.2, 0) is 9.59 Å². The lowest BCUT2D eigenvalue weighted by molar-refractivity contribution is -0.128. The van der Waals surface area contributed by atoms with E-state index in [2.05, 4.69) is 12.2 Å². The molecule has 4 aliphatic carbocycles. The molecule has 1 heterocycles. The van der Waals surface area contributed by atoms with Gasteiger partial charge in [-0.3, -0.25) is 9.59 Å². The molecule has 0 saturated heterocycles. The number of ether oxygens (including phenoxy) is 1. The lowest BCUT2D eigenvalue weighted by Crippen LogP contribution is -2.55. The molecule has 30 heavy (non-hydrogen) atoms. The maximum atomic E-state index is 12.9. The van der Waals surface area contributed by atoms with E-state index in [0.717, 1.165) is 34.8 Å². The highest BCUT2D eigenvalue weighted by molar-refractivity contribution is 5.97. The molecule has 6 rings (SSSR count). The van der Waals surface area contributed by atoms with E-state index >= 15 is 0 Å². The van der Waals surface area contributed by atoms with Crippen molar-refractivity contribution in [3.05, 3.63) is 23.8 Å². The quantitative estimate of drug-likeness (QED) is 0.791. The highest BCUT2D eigenvalue weighted by Crippen LogP contribution is 2.61. The van der Waals surface area contributed by atoms with Gasteiger partial charge in [-0.25, -0.2) is 0 Å². The summed E-state index contributed by atoms with van der Waals surface area (Å²) in [6.45, 7) is 5.25. The zero-order valence-electron chi connectivity index (χ0n) is 18.3. The first-order valence-electron chi connectivity index (χ1n) is 11.7. The fourth-order valence-electron chi connectivity index (χ4n) is 7.12. The van der Waals surface area contributed by atoms with E-state index in [0.29, 0.717) is 18.6 Å². The van der Waals surface area contributed by atoms with Crippen LogP contribution in [0.3, 0.4) is 0 Å². The van der Waals surface area contributed by atoms with Crippen molar-refractivity contribution in [2.45, 2.75) is 71.3 Å². The average Bonchev–Trinajstić information content (AvgIpc) is 2.70. The Morgan fingerprint density at radius 3 is 2.47 bits per heavy atom. The second-order valence-electron chi connectivity index (χ2n) is 10.4. The molecule has 5 nitrogen and oxygen atoms in total. The minimum atomic E-state index is 0.00255. The van der Waals surface area contributed by atoms with Crippen LogP contribution in [0, 0.1) is 30.1 Å². The summed E-state index contributed by atoms with van der Waals surface area (Å²) in [5, 5.41) is 3.29. The summed E-state index contributed by atoms with van der Waals surface area (Å²) in [5.74, 6) is 3.40. The van der Waals surface area contributed by atoms with Crippen molar-refractivity contribution in [3.63, 3.8) is 0 Å². The van der Waals surface area contributed by atoms with Gasteiger partial charge in [0, 0.05) is 18.9 Å². The Kier molecular flexibility index (Phi) is 5.03. The number of anilines is 1. The maximum absolute atomic E-state index is 12.9. The molecule has 1 aliphatic heterocycles. The van der Waals surface area contributed by atoms with Gasteiger partial charge in [0.2, 0.25) is 11.8 Å². The molecule has 4 saturated carbocycles. The van der Waals surface area contributed by atoms with Gasteiger partial charge in [-0.15, -0.1) is 0 Å². The number of nitrogens with zero attached hydrogens (tertiary/aromatic N) is 1. The fraction of sp³-hybridized carbons (Fsp3) is 0.680. The van der Waals surface area contributed by atoms with Crippen molar-refractivity contribution in [2.75, 3.05) is 18.1 Å². The second kappa shape index (κ2) is 7.58. The van der Waals surface area contributed by atoms with Crippen LogP contribution in [0.2, 0.25) is 0 Å². The van der Waals surface area contributed by atoms with Gasteiger partial charge in [-0.05, 0) is 93.2 Å². The van der Waals surface area contributed by atoms with Gasteiger partial charge in [-0.1, -0.05) is 6.07 Å². The minimum Gasteiger partial charge on any atom is -0.490 e. The fourth-order valence-corrected chi connectivity index (χ4v) is 7.12. The molecule has 1 N–H and O–H groups in total. The molecule has 2 amide bonds. The van der Waals surface area contributed by atoms with Gasteiger partial charge in [0.25, 0.3) is 0 Å². The molecule has 5 aliphatic rings. The predicted molar refractivity (Wildman–Crippen MR) is 116 cm³/mol. The number of benzene rings is 1. The molecule has 0 aromatic heterocycles. The molecule has 5 heteroatoms. The number of hydrogen-bond donors (Lipinski definition) is 1. The van der Waals surface area contributed by atoms with Gasteiger partial charge >= 0.3 is 0 Å². The Balaban J connectivity index is 1.17. The van der Waals surface area contributed by atoms with Crippen molar-refractivity contribution >= 4 is 17.5 Å². The first-order valence-corrected chi connectivity index (χ1v) is 11.7. The normalized spacial score (nSPS) is 32.3. The van der Waals surface area contributed by atoms with Gasteiger partial charge in [0.05, 0.1) is 12.2 Å². The largest absolute Gasteiger partial charge is 0.490 e. The van der Waals surface area contributed by atoms with Crippen LogP contribution in [0.4, 0.5) is 5.69 Å². The number of carbonyl (C=O) groups excluding carboxylic acids is 2. The number of nitrogens with one attached hydrogen (secondary N) is 1. The highest BCUT2D eigenvalue weighted by Gasteiger charge is 2.53. The molecule has 1 atom stereocenters. The number of fused-ring (bicyclic) bond motifs is 1. The minimum absolute atomic E-state index is 0.00255. The number of amides is 2. The highest BCUT2D eigenvalue weighted by atomic mass is 16.5. The first kappa shape index (κ1) is 19.9. The molecule has 1 aromatic carbocycles. The van der Waals surface area contributed by atoms with Crippen LogP contribution in [-0.4, -0.2) is 31.0 Å². The van der Waals surface area contributed by atoms with Crippen molar-refractivity contribution in [3.8, 4) is 5.75 Å². The molecule has 0 spiro atoms. The Morgan fingerprint density at radius 2 is 1.80 bits per heavy atom. The molecule has 0 radical (unpaired) electrons. The Hall–Kier alpha value is -2.04. The number of hydrogen-bond acceptors (Lipinski definition) is 3. The van der Waals surface area contributed by atoms with Crippen LogP contribution >= 0.6 is 0 Å². The van der Waals surface area contributed by atoms with Crippen LogP contribution < -0.4 is 15.0 Å². The molecule has 162 valence electrons. The van der Waals surface area contributed by atoms with E-state index in [1.54, 1.807) is 4.90 Å². The van der Waals surface area contributed by atoms with Crippen molar-refractivity contribution < 1.29 is 14.3 Å². The van der Waals surface area contributed by atoms with Crippen molar-refractivity contribution in [2.24, 2.45) is 23.2 Å². The van der Waals surface area contributed by atoms with E-state index in [4.69, 9.17) is 4.74 Å². The summed E-state index contributed by atoms with van der Waals surface area (Å²) in [6, 6.07) is 6.11. The topological polar surface area (TPSA) is 58.6 Å². The van der Waals surface area contributed by atoms with E-state index in [9.17, 15) is 9.59 Å². The summed E-state index contributed by atoms with van der Waals surface area (Å²) < 4.78 is 5.68. The lowest BCUT2D eigenvalue weighted by Gasteiger charge is -2.59. The smallest absolute Gasteiger partial charge is 0.227 e. The summed E-state index contributed by atoms with van der Waals surface area (Å²) >= 11 is 0. The lowest BCUT2D eigenvalue weighted by atomic mass is 9.48. The van der Waals surface area contributed by atoms with E-state index in [1.807, 2.05) is 25.1 Å². The van der Waals surface area contributed by atoms with Crippen LogP contribution in [0.1, 0.15) is 63.9 Å². The average molecular weight is 411 g/mol. The molecular weight excluding hydrogens is 376 g/mol. The van der Waals surface area contributed by atoms with Crippen LogP contribution in [0.5, 0.6) is 5.75 Å². The van der Waals surface area contributed by atoms with Crippen molar-refractivity contribution in [1.29, 1.82) is 0 Å². The zero-order valence-corrected chi connectivity index (χ0v) is 18.3. The Labute approximate surface area is 179 Å². The van der Waals surface area contributed by atoms with Gasteiger partial charge in [-0.2, -0.15) is 0 Å². The van der Waals surface area contributed by atoms with E-state index in [1.165, 1.54) is 38.5 Å². The van der Waals surface area contributed by atoms with Crippen LogP contribution in [0.15, 0.2) is 18.2 Å². The van der Waals surface area contributed by atoms with Crippen LogP contribution in [0.25, 0.3) is 0 Å². The monoisotopic (exact) mass is 410 g/mol. The van der Waals surface area contributed by atoms with E-state index in [-0.39, 0.29) is 30.7 Å². The number of aryl methyl sites for hydroxylation is 1. The number of carbonyl (C=O) groups is 2. The zero-order chi connectivity index (χ0) is 20.9. The summed E-state index contributed by atoms with van der Waals surface area (Å²) in [4.78, 5) is 27.4. The molecule has 4 bridgehead atoms. The first-order chi connectivity index (χ1) is 14.4. The molecule has 4 fully saturated rings. The van der Waals surface area contributed by atoms with Gasteiger partial charge in [0.15, 0.2) is 0 Å².